The largest absolute Gasteiger partial charge is 0.371 e. The molecular formula is C24H27N3O4S. The van der Waals surface area contributed by atoms with Gasteiger partial charge in [-0.25, -0.2) is 8.42 Å². The van der Waals surface area contributed by atoms with Gasteiger partial charge < -0.3 is 15.2 Å². The van der Waals surface area contributed by atoms with Crippen molar-refractivity contribution in [1.82, 2.24) is 4.57 Å². The Bertz CT molecular complexity index is 1330. The third-order valence-corrected chi connectivity index (χ3v) is 8.55. The molecule has 1 unspecified atom stereocenters. The van der Waals surface area contributed by atoms with Crippen molar-refractivity contribution in [3.05, 3.63) is 52.0 Å². The molecule has 1 saturated heterocycles. The number of sulfone groups is 1. The lowest BCUT2D eigenvalue weighted by atomic mass is 9.89. The van der Waals surface area contributed by atoms with Crippen LogP contribution in [0.4, 0.5) is 5.69 Å². The van der Waals surface area contributed by atoms with Crippen molar-refractivity contribution < 1.29 is 13.2 Å². The molecule has 168 valence electrons. The number of aryl methyl sites for hydroxylation is 1. The van der Waals surface area contributed by atoms with Crippen molar-refractivity contribution in [3.63, 3.8) is 0 Å². The molecule has 0 bridgehead atoms. The minimum atomic E-state index is -3.39. The molecule has 7 nitrogen and oxygen atoms in total. The van der Waals surface area contributed by atoms with Gasteiger partial charge in [0.15, 0.2) is 9.84 Å². The van der Waals surface area contributed by atoms with Gasteiger partial charge in [0.05, 0.1) is 4.90 Å². The van der Waals surface area contributed by atoms with Gasteiger partial charge in [0.25, 0.3) is 5.56 Å². The van der Waals surface area contributed by atoms with Crippen LogP contribution in [-0.4, -0.2) is 38.2 Å². The number of benzene rings is 1. The van der Waals surface area contributed by atoms with Gasteiger partial charge in [0.2, 0.25) is 5.91 Å². The molecule has 1 atom stereocenters. The van der Waals surface area contributed by atoms with E-state index >= 15 is 0 Å². The summed E-state index contributed by atoms with van der Waals surface area (Å²) >= 11 is 0. The van der Waals surface area contributed by atoms with Crippen molar-refractivity contribution >= 4 is 27.5 Å². The van der Waals surface area contributed by atoms with Crippen LogP contribution in [0.15, 0.2) is 40.2 Å². The van der Waals surface area contributed by atoms with E-state index in [0.717, 1.165) is 60.3 Å². The van der Waals surface area contributed by atoms with E-state index in [9.17, 15) is 18.0 Å². The molecule has 32 heavy (non-hydrogen) atoms. The predicted octanol–water partition coefficient (Wildman–Crippen LogP) is 2.12. The maximum absolute atomic E-state index is 12.6. The van der Waals surface area contributed by atoms with Crippen molar-refractivity contribution in [2.24, 2.45) is 24.1 Å². The van der Waals surface area contributed by atoms with Gasteiger partial charge in [0.1, 0.15) is 0 Å². The van der Waals surface area contributed by atoms with Crippen LogP contribution in [0.5, 0.6) is 0 Å². The van der Waals surface area contributed by atoms with Gasteiger partial charge in [-0.05, 0) is 54.9 Å². The summed E-state index contributed by atoms with van der Waals surface area (Å²) in [5.41, 5.74) is 9.77. The quantitative estimate of drug-likeness (QED) is 0.764. The average molecular weight is 454 g/mol. The second-order valence-corrected chi connectivity index (χ2v) is 11.4. The van der Waals surface area contributed by atoms with Crippen LogP contribution in [-0.2, 0) is 28.1 Å². The van der Waals surface area contributed by atoms with Gasteiger partial charge in [-0.3, -0.25) is 9.59 Å². The minimum absolute atomic E-state index is 0.0196. The predicted molar refractivity (Wildman–Crippen MR) is 124 cm³/mol. The number of fused-ring (bicyclic) bond motifs is 1. The summed E-state index contributed by atoms with van der Waals surface area (Å²) in [5, 5.41) is 0. The average Bonchev–Trinajstić information content (AvgIpc) is 3.22. The fourth-order valence-electron chi connectivity index (χ4n) is 5.44. The maximum Gasteiger partial charge on any atom is 0.254 e. The number of piperidine rings is 1. The fraction of sp³-hybridized carbons (Fsp3) is 0.417. The molecule has 1 amide bonds. The molecule has 2 N–H and O–H groups in total. The lowest BCUT2D eigenvalue weighted by Crippen LogP contribution is -2.36. The highest BCUT2D eigenvalue weighted by molar-refractivity contribution is 7.90. The van der Waals surface area contributed by atoms with Gasteiger partial charge >= 0.3 is 0 Å². The first-order chi connectivity index (χ1) is 15.1. The zero-order chi connectivity index (χ0) is 22.8. The number of anilines is 1. The van der Waals surface area contributed by atoms with E-state index in [4.69, 9.17) is 5.73 Å². The van der Waals surface area contributed by atoms with E-state index in [1.165, 1.54) is 6.26 Å². The molecule has 2 aliphatic carbocycles. The molecule has 1 saturated carbocycles. The molecule has 3 aliphatic rings. The fourth-order valence-corrected chi connectivity index (χ4v) is 6.09. The summed E-state index contributed by atoms with van der Waals surface area (Å²) < 4.78 is 26.2. The molecule has 1 spiro atoms. The standard InChI is InChI=1S/C24H27N3O4S/c1-26-14-19(16-4-3-5-17(16)23(26)29)18-12-15(32(2,30)31)6-7-21(18)27-10-8-24(9-11-27)13-20(24)22(25)28/h3-4,6-7,12,14,20H,5,8-11,13H2,1-2H3,(H2,25,28). The summed E-state index contributed by atoms with van der Waals surface area (Å²) in [4.78, 5) is 26.8. The third kappa shape index (κ3) is 3.28. The Labute approximate surface area is 187 Å². The van der Waals surface area contributed by atoms with E-state index in [1.54, 1.807) is 29.9 Å². The Morgan fingerprint density at radius 1 is 1.19 bits per heavy atom. The van der Waals surface area contributed by atoms with E-state index < -0.39 is 9.84 Å². The summed E-state index contributed by atoms with van der Waals surface area (Å²) in [6, 6.07) is 5.25. The maximum atomic E-state index is 12.6. The van der Waals surface area contributed by atoms with Crippen LogP contribution in [0.2, 0.25) is 0 Å². The number of rotatable bonds is 4. The number of nitrogens with two attached hydrogens (primary N) is 1. The van der Waals surface area contributed by atoms with Crippen molar-refractivity contribution in [3.8, 4) is 11.1 Å². The van der Waals surface area contributed by atoms with E-state index in [0.29, 0.717) is 6.42 Å². The zero-order valence-corrected chi connectivity index (χ0v) is 19.1. The van der Waals surface area contributed by atoms with Crippen molar-refractivity contribution in [2.75, 3.05) is 24.2 Å². The highest BCUT2D eigenvalue weighted by Crippen LogP contribution is 2.59. The second kappa shape index (κ2) is 7.07. The first-order valence-corrected chi connectivity index (χ1v) is 12.8. The van der Waals surface area contributed by atoms with Crippen molar-refractivity contribution in [2.45, 2.75) is 30.6 Å². The minimum Gasteiger partial charge on any atom is -0.371 e. The molecule has 2 fully saturated rings. The van der Waals surface area contributed by atoms with Gasteiger partial charge in [-0.15, -0.1) is 0 Å². The Balaban J connectivity index is 1.60. The van der Waals surface area contributed by atoms with Crippen LogP contribution >= 0.6 is 0 Å². The first kappa shape index (κ1) is 21.0. The van der Waals surface area contributed by atoms with Gasteiger partial charge in [-0.1, -0.05) is 12.2 Å². The molecule has 0 radical (unpaired) electrons. The number of hydrogen-bond donors (Lipinski definition) is 1. The lowest BCUT2D eigenvalue weighted by Gasteiger charge is -2.36. The zero-order valence-electron chi connectivity index (χ0n) is 18.3. The Hall–Kier alpha value is -2.87. The summed E-state index contributed by atoms with van der Waals surface area (Å²) in [5.74, 6) is -0.224. The third-order valence-electron chi connectivity index (χ3n) is 7.44. The second-order valence-electron chi connectivity index (χ2n) is 9.42. The SMILES string of the molecule is Cn1cc(-c2cc(S(C)(=O)=O)ccc2N2CCC3(CC2)CC3C(N)=O)c2c(c1=O)CC=C2. The van der Waals surface area contributed by atoms with E-state index in [1.807, 2.05) is 18.2 Å². The Morgan fingerprint density at radius 3 is 2.53 bits per heavy atom. The smallest absolute Gasteiger partial charge is 0.254 e. The summed E-state index contributed by atoms with van der Waals surface area (Å²) in [6.45, 7) is 1.55. The van der Waals surface area contributed by atoms with Crippen LogP contribution in [0, 0.1) is 11.3 Å². The van der Waals surface area contributed by atoms with Crippen LogP contribution in [0.25, 0.3) is 17.2 Å². The molecule has 5 rings (SSSR count). The highest BCUT2D eigenvalue weighted by atomic mass is 32.2. The highest BCUT2D eigenvalue weighted by Gasteiger charge is 2.57. The summed E-state index contributed by atoms with van der Waals surface area (Å²) in [6.07, 6.45) is 10.2. The molecule has 2 heterocycles. The topological polar surface area (TPSA) is 102 Å². The number of carbonyl (C=O) groups excluding carboxylic acids is 1. The Morgan fingerprint density at radius 2 is 1.91 bits per heavy atom. The normalized spacial score (nSPS) is 21.1. The Kier molecular flexibility index (Phi) is 4.64. The van der Waals surface area contributed by atoms with Gasteiger partial charge in [0, 0.05) is 60.9 Å². The molecule has 2 aromatic rings. The number of aromatic nitrogens is 1. The first-order valence-electron chi connectivity index (χ1n) is 10.9. The number of pyridine rings is 1. The van der Waals surface area contributed by atoms with Crippen LogP contribution < -0.4 is 16.2 Å². The molecule has 8 heteroatoms. The number of carbonyl (C=O) groups is 1. The number of nitrogens with zero attached hydrogens (tertiary/aromatic N) is 2. The number of amides is 1. The summed E-state index contributed by atoms with van der Waals surface area (Å²) in [7, 11) is -1.67. The van der Waals surface area contributed by atoms with E-state index in [-0.39, 0.29) is 27.7 Å². The molecular weight excluding hydrogens is 426 g/mol. The lowest BCUT2D eigenvalue weighted by molar-refractivity contribution is -0.120. The molecule has 1 aliphatic heterocycles. The van der Waals surface area contributed by atoms with Crippen LogP contribution in [0.1, 0.15) is 30.4 Å². The number of allylic oxidation sites excluding steroid dienone is 1. The van der Waals surface area contributed by atoms with Gasteiger partial charge in [-0.2, -0.15) is 0 Å². The van der Waals surface area contributed by atoms with Crippen molar-refractivity contribution in [1.29, 1.82) is 0 Å². The van der Waals surface area contributed by atoms with Crippen LogP contribution in [0.3, 0.4) is 0 Å². The molecule has 1 aromatic carbocycles. The monoisotopic (exact) mass is 453 g/mol. The number of primary amides is 1. The van der Waals surface area contributed by atoms with E-state index in [2.05, 4.69) is 4.90 Å². The number of hydrogen-bond acceptors (Lipinski definition) is 5. The molecule has 1 aromatic heterocycles.